The summed E-state index contributed by atoms with van der Waals surface area (Å²) in [5.74, 6) is -3.44. The third-order valence-corrected chi connectivity index (χ3v) is 4.05. The van der Waals surface area contributed by atoms with Gasteiger partial charge in [0.05, 0.1) is 0 Å². The molecule has 8 nitrogen and oxygen atoms in total. The van der Waals surface area contributed by atoms with Crippen molar-refractivity contribution in [2.24, 2.45) is 5.73 Å². The predicted molar refractivity (Wildman–Crippen MR) is 96.7 cm³/mol. The third-order valence-electron chi connectivity index (χ3n) is 4.05. The number of nitrogens with zero attached hydrogens (tertiary/aromatic N) is 2. The zero-order chi connectivity index (χ0) is 19.4. The van der Waals surface area contributed by atoms with Crippen molar-refractivity contribution in [3.63, 3.8) is 0 Å². The molecule has 0 aliphatic carbocycles. The summed E-state index contributed by atoms with van der Waals surface area (Å²) in [6.45, 7) is 5.26. The maximum atomic E-state index is 11.7. The van der Waals surface area contributed by atoms with Gasteiger partial charge in [-0.25, -0.2) is 9.59 Å². The van der Waals surface area contributed by atoms with Crippen LogP contribution in [0.15, 0.2) is 30.3 Å². The summed E-state index contributed by atoms with van der Waals surface area (Å²) in [4.78, 5) is 34.3. The highest BCUT2D eigenvalue weighted by atomic mass is 16.4. The van der Waals surface area contributed by atoms with Crippen molar-refractivity contribution in [2.45, 2.75) is 19.3 Å². The van der Waals surface area contributed by atoms with Crippen LogP contribution < -0.4 is 5.73 Å². The van der Waals surface area contributed by atoms with Crippen LogP contribution in [0, 0.1) is 0 Å². The number of carboxylic acids is 2. The van der Waals surface area contributed by atoms with Crippen LogP contribution in [0.1, 0.15) is 18.4 Å². The molecule has 1 fully saturated rings. The maximum absolute atomic E-state index is 11.7. The molecule has 1 aromatic rings. The number of rotatable bonds is 6. The second-order valence-corrected chi connectivity index (χ2v) is 5.96. The molecule has 26 heavy (non-hydrogen) atoms. The van der Waals surface area contributed by atoms with E-state index in [-0.39, 0.29) is 5.91 Å². The van der Waals surface area contributed by atoms with E-state index in [9.17, 15) is 4.79 Å². The lowest BCUT2D eigenvalue weighted by molar-refractivity contribution is -0.159. The summed E-state index contributed by atoms with van der Waals surface area (Å²) in [7, 11) is 0. The van der Waals surface area contributed by atoms with E-state index in [4.69, 9.17) is 25.5 Å². The fourth-order valence-corrected chi connectivity index (χ4v) is 2.65. The van der Waals surface area contributed by atoms with Crippen molar-refractivity contribution in [2.75, 3.05) is 39.3 Å². The summed E-state index contributed by atoms with van der Waals surface area (Å²) in [5, 5.41) is 14.8. The normalized spacial score (nSPS) is 14.3. The van der Waals surface area contributed by atoms with Crippen LogP contribution in [-0.4, -0.2) is 77.1 Å². The molecule has 4 N–H and O–H groups in total. The Labute approximate surface area is 153 Å². The number of aryl methyl sites for hydroxylation is 1. The average molecular weight is 365 g/mol. The van der Waals surface area contributed by atoms with Crippen LogP contribution in [-0.2, 0) is 20.8 Å². The molecule has 1 amide bonds. The number of nitrogens with two attached hydrogens (primary N) is 1. The number of carbonyl (C=O) groups excluding carboxylic acids is 1. The Morgan fingerprint density at radius 2 is 1.54 bits per heavy atom. The van der Waals surface area contributed by atoms with Crippen LogP contribution >= 0.6 is 0 Å². The summed E-state index contributed by atoms with van der Waals surface area (Å²) in [6, 6.07) is 10.6. The van der Waals surface area contributed by atoms with E-state index in [0.29, 0.717) is 13.0 Å². The molecular formula is C18H27N3O5. The van der Waals surface area contributed by atoms with Crippen LogP contribution in [0.2, 0.25) is 0 Å². The second kappa shape index (κ2) is 12.0. The topological polar surface area (TPSA) is 124 Å². The van der Waals surface area contributed by atoms with Crippen molar-refractivity contribution in [1.82, 2.24) is 9.80 Å². The summed E-state index contributed by atoms with van der Waals surface area (Å²) in [6.07, 6.45) is 2.79. The lowest BCUT2D eigenvalue weighted by Gasteiger charge is -2.34. The highest BCUT2D eigenvalue weighted by Crippen LogP contribution is 2.07. The molecule has 144 valence electrons. The molecule has 0 aromatic heterocycles. The molecule has 0 bridgehead atoms. The lowest BCUT2D eigenvalue weighted by Crippen LogP contribution is -2.49. The average Bonchev–Trinajstić information content (AvgIpc) is 2.64. The van der Waals surface area contributed by atoms with Crippen molar-refractivity contribution < 1.29 is 24.6 Å². The van der Waals surface area contributed by atoms with Gasteiger partial charge in [-0.3, -0.25) is 9.69 Å². The number of carboxylic acid groups (broad SMARTS) is 2. The Bertz CT molecular complexity index is 559. The van der Waals surface area contributed by atoms with Gasteiger partial charge in [-0.05, 0) is 24.9 Å². The quantitative estimate of drug-likeness (QED) is 0.618. The van der Waals surface area contributed by atoms with E-state index in [1.807, 2.05) is 4.90 Å². The van der Waals surface area contributed by atoms with E-state index in [1.54, 1.807) is 0 Å². The number of aliphatic carboxylic acids is 2. The highest BCUT2D eigenvalue weighted by Gasteiger charge is 2.19. The van der Waals surface area contributed by atoms with Gasteiger partial charge in [-0.1, -0.05) is 30.3 Å². The number of hydrogen-bond donors (Lipinski definition) is 3. The summed E-state index contributed by atoms with van der Waals surface area (Å²) < 4.78 is 0. The second-order valence-electron chi connectivity index (χ2n) is 5.96. The van der Waals surface area contributed by atoms with Gasteiger partial charge in [-0.15, -0.1) is 0 Å². The minimum atomic E-state index is -1.82. The number of hydrogen-bond acceptors (Lipinski definition) is 5. The van der Waals surface area contributed by atoms with Crippen molar-refractivity contribution in [3.8, 4) is 0 Å². The Morgan fingerprint density at radius 1 is 0.962 bits per heavy atom. The molecule has 1 aliphatic rings. The van der Waals surface area contributed by atoms with E-state index in [1.165, 1.54) is 12.0 Å². The van der Waals surface area contributed by atoms with Crippen LogP contribution in [0.5, 0.6) is 0 Å². The fraction of sp³-hybridized carbons (Fsp3) is 0.500. The van der Waals surface area contributed by atoms with Crippen LogP contribution in [0.4, 0.5) is 0 Å². The Hall–Kier alpha value is -2.45. The minimum absolute atomic E-state index is 0.205. The third kappa shape index (κ3) is 8.59. The molecule has 1 aromatic carbocycles. The summed E-state index contributed by atoms with van der Waals surface area (Å²) in [5.41, 5.74) is 6.83. The number of carbonyl (C=O) groups is 3. The SMILES string of the molecule is NCCC(=O)N1CCN(CCCc2ccccc2)CC1.O=C(O)C(=O)O. The first-order valence-corrected chi connectivity index (χ1v) is 8.64. The number of piperazine rings is 1. The Kier molecular flexibility index (Phi) is 9.96. The molecule has 0 spiro atoms. The molecule has 1 heterocycles. The van der Waals surface area contributed by atoms with Gasteiger partial charge in [-0.2, -0.15) is 0 Å². The maximum Gasteiger partial charge on any atom is 0.414 e. The lowest BCUT2D eigenvalue weighted by atomic mass is 10.1. The molecule has 1 saturated heterocycles. The highest BCUT2D eigenvalue weighted by molar-refractivity contribution is 6.27. The zero-order valence-corrected chi connectivity index (χ0v) is 14.8. The van der Waals surface area contributed by atoms with E-state index < -0.39 is 11.9 Å². The molecule has 8 heteroatoms. The first-order valence-electron chi connectivity index (χ1n) is 8.64. The van der Waals surface area contributed by atoms with Crippen molar-refractivity contribution >= 4 is 17.8 Å². The number of benzene rings is 1. The van der Waals surface area contributed by atoms with E-state index in [0.717, 1.165) is 39.1 Å². The fourth-order valence-electron chi connectivity index (χ4n) is 2.65. The van der Waals surface area contributed by atoms with Gasteiger partial charge in [0.25, 0.3) is 0 Å². The van der Waals surface area contributed by atoms with Gasteiger partial charge >= 0.3 is 11.9 Å². The van der Waals surface area contributed by atoms with Gasteiger partial charge in [0, 0.05) is 39.1 Å². The van der Waals surface area contributed by atoms with Crippen molar-refractivity contribution in [3.05, 3.63) is 35.9 Å². The zero-order valence-electron chi connectivity index (χ0n) is 14.8. The van der Waals surface area contributed by atoms with E-state index >= 15 is 0 Å². The first-order chi connectivity index (χ1) is 12.4. The van der Waals surface area contributed by atoms with Crippen LogP contribution in [0.25, 0.3) is 0 Å². The Morgan fingerprint density at radius 3 is 2.04 bits per heavy atom. The van der Waals surface area contributed by atoms with Crippen LogP contribution in [0.3, 0.4) is 0 Å². The molecule has 2 rings (SSSR count). The monoisotopic (exact) mass is 365 g/mol. The first kappa shape index (κ1) is 21.6. The molecular weight excluding hydrogens is 338 g/mol. The molecule has 0 radical (unpaired) electrons. The largest absolute Gasteiger partial charge is 0.473 e. The molecule has 1 aliphatic heterocycles. The Balaban J connectivity index is 0.000000487. The van der Waals surface area contributed by atoms with Gasteiger partial charge in [0.1, 0.15) is 0 Å². The molecule has 0 atom stereocenters. The minimum Gasteiger partial charge on any atom is -0.473 e. The smallest absolute Gasteiger partial charge is 0.414 e. The predicted octanol–water partition coefficient (Wildman–Crippen LogP) is 0.268. The van der Waals surface area contributed by atoms with Gasteiger partial charge < -0.3 is 20.8 Å². The molecule has 0 unspecified atom stereocenters. The number of amides is 1. The van der Waals surface area contributed by atoms with Gasteiger partial charge in [0.15, 0.2) is 0 Å². The van der Waals surface area contributed by atoms with E-state index in [2.05, 4.69) is 35.2 Å². The van der Waals surface area contributed by atoms with Crippen molar-refractivity contribution in [1.29, 1.82) is 0 Å². The molecule has 0 saturated carbocycles. The van der Waals surface area contributed by atoms with Gasteiger partial charge in [0.2, 0.25) is 5.91 Å². The summed E-state index contributed by atoms with van der Waals surface area (Å²) >= 11 is 0. The standard InChI is InChI=1S/C16H25N3O.C2H2O4/c17-9-8-16(20)19-13-11-18(12-14-19)10-4-7-15-5-2-1-3-6-15;3-1(4)2(5)6/h1-3,5-6H,4,7-14,17H2;(H,3,4)(H,5,6).